The van der Waals surface area contributed by atoms with Crippen LogP contribution < -0.4 is 9.47 Å². The van der Waals surface area contributed by atoms with E-state index >= 15 is 0 Å². The molecule has 38 heavy (non-hydrogen) atoms. The largest absolute Gasteiger partial charge is 0.483 e. The van der Waals surface area contributed by atoms with E-state index in [9.17, 15) is 13.2 Å². The Morgan fingerprint density at radius 2 is 1.55 bits per heavy atom. The van der Waals surface area contributed by atoms with Gasteiger partial charge in [-0.15, -0.1) is 0 Å². The van der Waals surface area contributed by atoms with Gasteiger partial charge in [0.05, 0.1) is 0 Å². The highest BCUT2D eigenvalue weighted by atomic mass is 19.3. The van der Waals surface area contributed by atoms with E-state index in [1.54, 1.807) is 18.2 Å². The van der Waals surface area contributed by atoms with Crippen LogP contribution in [0.2, 0.25) is 0 Å². The molecule has 208 valence electrons. The Balaban J connectivity index is 1.24. The van der Waals surface area contributed by atoms with E-state index in [2.05, 4.69) is 26.0 Å². The van der Waals surface area contributed by atoms with E-state index in [4.69, 9.17) is 9.47 Å². The number of ether oxygens (including phenoxy) is 2. The summed E-state index contributed by atoms with van der Waals surface area (Å²) in [6, 6.07) is 11.5. The van der Waals surface area contributed by atoms with Crippen molar-refractivity contribution in [3.8, 4) is 11.5 Å². The van der Waals surface area contributed by atoms with E-state index < -0.39 is 24.3 Å². The SMILES string of the molecule is CCCC1CCC(/C=C/c2ccc(OCC(F)(F)Oc3ccc(C4CCC(CC)CC4)cc3F)cc2)CC1. The van der Waals surface area contributed by atoms with Crippen LogP contribution in [0.3, 0.4) is 0 Å². The second-order valence-electron chi connectivity index (χ2n) is 11.3. The molecule has 0 amide bonds. The Bertz CT molecular complexity index is 1020. The van der Waals surface area contributed by atoms with Gasteiger partial charge < -0.3 is 9.47 Å². The predicted molar refractivity (Wildman–Crippen MR) is 148 cm³/mol. The molecule has 0 aliphatic heterocycles. The van der Waals surface area contributed by atoms with Crippen molar-refractivity contribution in [1.29, 1.82) is 0 Å². The van der Waals surface area contributed by atoms with Crippen LogP contribution in [-0.4, -0.2) is 12.7 Å². The summed E-state index contributed by atoms with van der Waals surface area (Å²) in [6.07, 6.45) is 13.9. The molecule has 0 radical (unpaired) electrons. The zero-order valence-corrected chi connectivity index (χ0v) is 22.9. The van der Waals surface area contributed by atoms with Crippen LogP contribution in [0.15, 0.2) is 48.5 Å². The van der Waals surface area contributed by atoms with Crippen LogP contribution in [-0.2, 0) is 0 Å². The van der Waals surface area contributed by atoms with Crippen molar-refractivity contribution in [2.45, 2.75) is 96.5 Å². The summed E-state index contributed by atoms with van der Waals surface area (Å²) in [5.74, 6) is 1.64. The standard InChI is InChI=1S/C33H43F3O2/c1-3-5-25-6-8-26(9-7-25)10-11-27-14-19-30(20-15-27)37-23-33(35,36)38-32-21-18-29(22-31(32)34)28-16-12-24(4-2)13-17-28/h10-11,14-15,18-22,24-26,28H,3-9,12-13,16-17,23H2,1-2H3/b11-10+. The van der Waals surface area contributed by atoms with Crippen LogP contribution in [0, 0.1) is 23.6 Å². The van der Waals surface area contributed by atoms with E-state index in [0.29, 0.717) is 11.7 Å². The maximum Gasteiger partial charge on any atom is 0.433 e. The molecular weight excluding hydrogens is 485 g/mol. The highest BCUT2D eigenvalue weighted by molar-refractivity contribution is 5.50. The zero-order valence-electron chi connectivity index (χ0n) is 22.9. The molecule has 0 atom stereocenters. The van der Waals surface area contributed by atoms with Gasteiger partial charge in [0.25, 0.3) is 0 Å². The lowest BCUT2D eigenvalue weighted by Crippen LogP contribution is -2.32. The summed E-state index contributed by atoms with van der Waals surface area (Å²) in [7, 11) is 0. The molecule has 2 nitrogen and oxygen atoms in total. The summed E-state index contributed by atoms with van der Waals surface area (Å²) in [5.41, 5.74) is 1.88. The van der Waals surface area contributed by atoms with E-state index in [0.717, 1.165) is 48.6 Å². The molecule has 4 rings (SSSR count). The molecule has 0 bridgehead atoms. The van der Waals surface area contributed by atoms with Gasteiger partial charge in [-0.2, -0.15) is 8.78 Å². The molecule has 0 N–H and O–H groups in total. The molecule has 0 spiro atoms. The minimum Gasteiger partial charge on any atom is -0.483 e. The second kappa shape index (κ2) is 13.6. The fourth-order valence-corrected chi connectivity index (χ4v) is 6.12. The van der Waals surface area contributed by atoms with E-state index in [-0.39, 0.29) is 5.92 Å². The Morgan fingerprint density at radius 3 is 2.18 bits per heavy atom. The predicted octanol–water partition coefficient (Wildman–Crippen LogP) is 10.2. The number of hydrogen-bond acceptors (Lipinski definition) is 2. The number of benzene rings is 2. The van der Waals surface area contributed by atoms with Crippen molar-refractivity contribution in [2.24, 2.45) is 17.8 Å². The summed E-state index contributed by atoms with van der Waals surface area (Å²) < 4.78 is 53.6. The summed E-state index contributed by atoms with van der Waals surface area (Å²) >= 11 is 0. The highest BCUT2D eigenvalue weighted by Gasteiger charge is 2.34. The van der Waals surface area contributed by atoms with Crippen LogP contribution in [0.1, 0.15) is 102 Å². The Labute approximate surface area is 226 Å². The Morgan fingerprint density at radius 1 is 0.868 bits per heavy atom. The monoisotopic (exact) mass is 528 g/mol. The first-order valence-corrected chi connectivity index (χ1v) is 14.6. The maximum atomic E-state index is 14.6. The molecule has 5 heteroatoms. The molecule has 0 aromatic heterocycles. The fraction of sp³-hybridized carbons (Fsp3) is 0.576. The van der Waals surface area contributed by atoms with Gasteiger partial charge in [-0.25, -0.2) is 4.39 Å². The molecule has 2 saturated carbocycles. The average molecular weight is 529 g/mol. The lowest BCUT2D eigenvalue weighted by Gasteiger charge is -2.28. The van der Waals surface area contributed by atoms with E-state index in [1.165, 1.54) is 57.1 Å². The topological polar surface area (TPSA) is 18.5 Å². The van der Waals surface area contributed by atoms with Crippen molar-refractivity contribution >= 4 is 6.08 Å². The quantitative estimate of drug-likeness (QED) is 0.289. The van der Waals surface area contributed by atoms with Crippen LogP contribution in [0.25, 0.3) is 6.08 Å². The molecule has 0 heterocycles. The average Bonchev–Trinajstić information content (AvgIpc) is 2.93. The van der Waals surface area contributed by atoms with Crippen molar-refractivity contribution in [3.05, 3.63) is 65.5 Å². The van der Waals surface area contributed by atoms with Crippen molar-refractivity contribution in [1.82, 2.24) is 0 Å². The van der Waals surface area contributed by atoms with Gasteiger partial charge in [0, 0.05) is 0 Å². The number of allylic oxidation sites excluding steroid dienone is 1. The van der Waals surface area contributed by atoms with Gasteiger partial charge in [-0.3, -0.25) is 0 Å². The number of hydrogen-bond donors (Lipinski definition) is 0. The molecule has 0 unspecified atom stereocenters. The van der Waals surface area contributed by atoms with Crippen molar-refractivity contribution in [3.63, 3.8) is 0 Å². The molecule has 2 fully saturated rings. The number of halogens is 3. The van der Waals surface area contributed by atoms with Gasteiger partial charge in [0.15, 0.2) is 18.2 Å². The minimum atomic E-state index is -3.66. The van der Waals surface area contributed by atoms with Crippen LogP contribution in [0.5, 0.6) is 11.5 Å². The zero-order chi connectivity index (χ0) is 27.0. The third-order valence-corrected chi connectivity index (χ3v) is 8.55. The van der Waals surface area contributed by atoms with Crippen molar-refractivity contribution < 1.29 is 22.6 Å². The third-order valence-electron chi connectivity index (χ3n) is 8.55. The Kier molecular flexibility index (Phi) is 10.2. The number of rotatable bonds is 11. The second-order valence-corrected chi connectivity index (χ2v) is 11.3. The van der Waals surface area contributed by atoms with Gasteiger partial charge in [0.2, 0.25) is 0 Å². The normalized spacial score (nSPS) is 24.4. The third kappa shape index (κ3) is 8.28. The first kappa shape index (κ1) is 28.6. The van der Waals surface area contributed by atoms with Gasteiger partial charge in [-0.05, 0) is 110 Å². The van der Waals surface area contributed by atoms with Gasteiger partial charge in [-0.1, -0.05) is 63.5 Å². The molecule has 2 aromatic rings. The van der Waals surface area contributed by atoms with Crippen LogP contribution in [0.4, 0.5) is 13.2 Å². The molecule has 0 saturated heterocycles. The Hall–Kier alpha value is -2.43. The van der Waals surface area contributed by atoms with Gasteiger partial charge in [0.1, 0.15) is 5.75 Å². The fourth-order valence-electron chi connectivity index (χ4n) is 6.12. The minimum absolute atomic E-state index is 0.281. The summed E-state index contributed by atoms with van der Waals surface area (Å²) in [4.78, 5) is 0. The van der Waals surface area contributed by atoms with E-state index in [1.807, 2.05) is 12.1 Å². The number of alkyl halides is 2. The summed E-state index contributed by atoms with van der Waals surface area (Å²) in [5, 5.41) is 0. The van der Waals surface area contributed by atoms with Crippen LogP contribution >= 0.6 is 0 Å². The van der Waals surface area contributed by atoms with Crippen molar-refractivity contribution in [2.75, 3.05) is 6.61 Å². The molecule has 2 aliphatic rings. The summed E-state index contributed by atoms with van der Waals surface area (Å²) in [6.45, 7) is 3.46. The lowest BCUT2D eigenvalue weighted by molar-refractivity contribution is -0.196. The first-order chi connectivity index (χ1) is 18.3. The molecule has 2 aliphatic carbocycles. The lowest BCUT2D eigenvalue weighted by atomic mass is 9.78. The smallest absolute Gasteiger partial charge is 0.433 e. The molecular formula is C33H43F3O2. The maximum absolute atomic E-state index is 14.6. The molecule has 2 aromatic carbocycles. The highest BCUT2D eigenvalue weighted by Crippen LogP contribution is 2.38. The first-order valence-electron chi connectivity index (χ1n) is 14.6. The van der Waals surface area contributed by atoms with Gasteiger partial charge >= 0.3 is 6.11 Å².